The van der Waals surface area contributed by atoms with E-state index in [1.54, 1.807) is 48.2 Å². The lowest BCUT2D eigenvalue weighted by atomic mass is 10.2. The van der Waals surface area contributed by atoms with E-state index in [4.69, 9.17) is 9.15 Å². The SMILES string of the molecule is CCOC(=O)c1n[nH]c2ccc(NC(=O)c3cc(-c4ccco4)n(-c4ccccc4)n3)cc12. The maximum absolute atomic E-state index is 13.0. The minimum atomic E-state index is -0.531. The fraction of sp³-hybridized carbons (Fsp3) is 0.0833. The number of nitrogens with zero attached hydrogens (tertiary/aromatic N) is 3. The van der Waals surface area contributed by atoms with E-state index in [1.807, 2.05) is 36.4 Å². The topological polar surface area (TPSA) is 115 Å². The Morgan fingerprint density at radius 2 is 1.94 bits per heavy atom. The molecule has 3 aromatic heterocycles. The third kappa shape index (κ3) is 3.87. The Morgan fingerprint density at radius 1 is 1.09 bits per heavy atom. The zero-order chi connectivity index (χ0) is 22.8. The highest BCUT2D eigenvalue weighted by Crippen LogP contribution is 2.26. The summed E-state index contributed by atoms with van der Waals surface area (Å²) in [4.78, 5) is 25.2. The number of benzene rings is 2. The summed E-state index contributed by atoms with van der Waals surface area (Å²) in [6, 6.07) is 19.9. The first kappa shape index (κ1) is 20.3. The van der Waals surface area contributed by atoms with E-state index in [0.717, 1.165) is 5.69 Å². The van der Waals surface area contributed by atoms with Gasteiger partial charge >= 0.3 is 5.97 Å². The summed E-state index contributed by atoms with van der Waals surface area (Å²) in [6.07, 6.45) is 1.57. The highest BCUT2D eigenvalue weighted by Gasteiger charge is 2.20. The lowest BCUT2D eigenvalue weighted by molar-refractivity contribution is 0.0521. The number of anilines is 1. The number of hydrogen-bond donors (Lipinski definition) is 2. The van der Waals surface area contributed by atoms with Crippen LogP contribution in [0.25, 0.3) is 28.0 Å². The van der Waals surface area contributed by atoms with Crippen LogP contribution in [0.5, 0.6) is 0 Å². The molecule has 33 heavy (non-hydrogen) atoms. The van der Waals surface area contributed by atoms with Crippen LogP contribution in [-0.4, -0.2) is 38.5 Å². The second-order valence-electron chi connectivity index (χ2n) is 7.15. The van der Waals surface area contributed by atoms with E-state index in [1.165, 1.54) is 0 Å². The van der Waals surface area contributed by atoms with Gasteiger partial charge < -0.3 is 14.5 Å². The van der Waals surface area contributed by atoms with Crippen LogP contribution in [0.3, 0.4) is 0 Å². The fourth-order valence-electron chi connectivity index (χ4n) is 3.50. The highest BCUT2D eigenvalue weighted by molar-refractivity contribution is 6.06. The molecule has 0 bridgehead atoms. The molecule has 1 amide bonds. The number of furan rings is 1. The summed E-state index contributed by atoms with van der Waals surface area (Å²) in [5.41, 5.74) is 2.96. The lowest BCUT2D eigenvalue weighted by Crippen LogP contribution is -2.13. The van der Waals surface area contributed by atoms with Gasteiger partial charge in [-0.25, -0.2) is 9.48 Å². The Hall–Kier alpha value is -4.66. The summed E-state index contributed by atoms with van der Waals surface area (Å²) in [5.74, 6) is -0.348. The van der Waals surface area contributed by atoms with Crippen LogP contribution in [0.15, 0.2) is 77.4 Å². The summed E-state index contributed by atoms with van der Waals surface area (Å²) in [5, 5.41) is 14.7. The van der Waals surface area contributed by atoms with E-state index >= 15 is 0 Å². The molecule has 0 radical (unpaired) electrons. The van der Waals surface area contributed by atoms with Gasteiger partial charge in [0.15, 0.2) is 17.1 Å². The van der Waals surface area contributed by atoms with Gasteiger partial charge in [0.25, 0.3) is 5.91 Å². The van der Waals surface area contributed by atoms with Crippen molar-refractivity contribution in [2.45, 2.75) is 6.92 Å². The second-order valence-corrected chi connectivity index (χ2v) is 7.15. The summed E-state index contributed by atoms with van der Waals surface area (Å²) < 4.78 is 12.2. The van der Waals surface area contributed by atoms with Crippen molar-refractivity contribution in [2.75, 3.05) is 11.9 Å². The predicted octanol–water partition coefficient (Wildman–Crippen LogP) is 4.44. The van der Waals surface area contributed by atoms with Crippen LogP contribution < -0.4 is 5.32 Å². The molecule has 0 unspecified atom stereocenters. The van der Waals surface area contributed by atoms with Crippen molar-refractivity contribution in [1.29, 1.82) is 0 Å². The summed E-state index contributed by atoms with van der Waals surface area (Å²) in [6.45, 7) is 1.97. The number of fused-ring (bicyclic) bond motifs is 1. The van der Waals surface area contributed by atoms with E-state index < -0.39 is 11.9 Å². The number of H-pyrrole nitrogens is 1. The smallest absolute Gasteiger partial charge is 0.359 e. The summed E-state index contributed by atoms with van der Waals surface area (Å²) >= 11 is 0. The van der Waals surface area contributed by atoms with Crippen molar-refractivity contribution in [2.24, 2.45) is 0 Å². The van der Waals surface area contributed by atoms with Gasteiger partial charge in [-0.15, -0.1) is 0 Å². The number of aromatic amines is 1. The molecule has 9 nitrogen and oxygen atoms in total. The number of rotatable bonds is 6. The van der Waals surface area contributed by atoms with Crippen molar-refractivity contribution >= 4 is 28.5 Å². The van der Waals surface area contributed by atoms with Gasteiger partial charge in [0.05, 0.1) is 24.1 Å². The van der Waals surface area contributed by atoms with Crippen LogP contribution >= 0.6 is 0 Å². The number of amides is 1. The number of para-hydroxylation sites is 1. The fourth-order valence-corrected chi connectivity index (χ4v) is 3.50. The van der Waals surface area contributed by atoms with Crippen molar-refractivity contribution in [1.82, 2.24) is 20.0 Å². The molecule has 0 aliphatic carbocycles. The summed E-state index contributed by atoms with van der Waals surface area (Å²) in [7, 11) is 0. The van der Waals surface area contributed by atoms with Gasteiger partial charge in [-0.05, 0) is 49.4 Å². The second kappa shape index (κ2) is 8.46. The average molecular weight is 441 g/mol. The van der Waals surface area contributed by atoms with E-state index in [9.17, 15) is 9.59 Å². The molecular weight excluding hydrogens is 422 g/mol. The molecule has 5 aromatic rings. The van der Waals surface area contributed by atoms with Gasteiger partial charge in [0.1, 0.15) is 5.69 Å². The van der Waals surface area contributed by atoms with Crippen molar-refractivity contribution in [3.63, 3.8) is 0 Å². The van der Waals surface area contributed by atoms with Crippen molar-refractivity contribution in [3.8, 4) is 17.1 Å². The molecule has 3 heterocycles. The van der Waals surface area contributed by atoms with Gasteiger partial charge in [-0.1, -0.05) is 18.2 Å². The molecule has 0 saturated carbocycles. The molecule has 0 fully saturated rings. The zero-order valence-corrected chi connectivity index (χ0v) is 17.6. The molecule has 164 valence electrons. The Balaban J connectivity index is 1.47. The van der Waals surface area contributed by atoms with E-state index in [2.05, 4.69) is 20.6 Å². The number of ether oxygens (including phenoxy) is 1. The Bertz CT molecular complexity index is 1430. The Kier molecular flexibility index (Phi) is 5.19. The van der Waals surface area contributed by atoms with Crippen LogP contribution in [0.4, 0.5) is 5.69 Å². The monoisotopic (exact) mass is 441 g/mol. The third-order valence-electron chi connectivity index (χ3n) is 5.01. The van der Waals surface area contributed by atoms with E-state index in [-0.39, 0.29) is 18.0 Å². The van der Waals surface area contributed by atoms with Crippen molar-refractivity contribution < 1.29 is 18.7 Å². The average Bonchev–Trinajstić information content (AvgIpc) is 3.58. The van der Waals surface area contributed by atoms with Crippen LogP contribution in [0.2, 0.25) is 0 Å². The normalized spacial score (nSPS) is 10.9. The molecule has 2 aromatic carbocycles. The predicted molar refractivity (Wildman–Crippen MR) is 121 cm³/mol. The van der Waals surface area contributed by atoms with Crippen molar-refractivity contribution in [3.05, 3.63) is 84.4 Å². The molecule has 0 saturated heterocycles. The molecule has 0 atom stereocenters. The molecule has 5 rings (SSSR count). The maximum atomic E-state index is 13.0. The first-order valence-corrected chi connectivity index (χ1v) is 10.3. The molecular formula is C24H19N5O4. The maximum Gasteiger partial charge on any atom is 0.359 e. The first-order chi connectivity index (χ1) is 16.1. The molecule has 9 heteroatoms. The minimum Gasteiger partial charge on any atom is -0.463 e. The van der Waals surface area contributed by atoms with Crippen LogP contribution in [0, 0.1) is 0 Å². The third-order valence-corrected chi connectivity index (χ3v) is 5.01. The Morgan fingerprint density at radius 3 is 2.70 bits per heavy atom. The molecule has 0 spiro atoms. The van der Waals surface area contributed by atoms with Gasteiger partial charge in [0, 0.05) is 17.1 Å². The number of hydrogen-bond acceptors (Lipinski definition) is 6. The zero-order valence-electron chi connectivity index (χ0n) is 17.6. The number of carbonyl (C=O) groups is 2. The van der Waals surface area contributed by atoms with Gasteiger partial charge in [-0.2, -0.15) is 10.2 Å². The molecule has 0 aliphatic rings. The van der Waals surface area contributed by atoms with Gasteiger partial charge in [0.2, 0.25) is 0 Å². The van der Waals surface area contributed by atoms with E-state index in [0.29, 0.717) is 28.0 Å². The Labute approximate surface area is 188 Å². The molecule has 2 N–H and O–H groups in total. The largest absolute Gasteiger partial charge is 0.463 e. The molecule has 0 aliphatic heterocycles. The standard InChI is InChI=1S/C24H19N5O4/c1-2-32-24(31)22-17-13-15(10-11-18(17)26-27-22)25-23(30)19-14-20(21-9-6-12-33-21)29(28-19)16-7-4-3-5-8-16/h3-14H,2H2,1H3,(H,25,30)(H,26,27). The lowest BCUT2D eigenvalue weighted by Gasteiger charge is -2.05. The minimum absolute atomic E-state index is 0.163. The number of esters is 1. The number of aromatic nitrogens is 4. The highest BCUT2D eigenvalue weighted by atomic mass is 16.5. The number of carbonyl (C=O) groups excluding carboxylic acids is 2. The van der Waals surface area contributed by atoms with Crippen LogP contribution in [0.1, 0.15) is 27.9 Å². The van der Waals surface area contributed by atoms with Gasteiger partial charge in [-0.3, -0.25) is 9.89 Å². The quantitative estimate of drug-likeness (QED) is 0.377. The van der Waals surface area contributed by atoms with Crippen LogP contribution in [-0.2, 0) is 4.74 Å². The first-order valence-electron chi connectivity index (χ1n) is 10.3. The number of nitrogens with one attached hydrogen (secondary N) is 2.